The summed E-state index contributed by atoms with van der Waals surface area (Å²) in [6.07, 6.45) is 6.22. The largest absolute Gasteiger partial charge is 0.478 e. The van der Waals surface area contributed by atoms with Crippen LogP contribution in [0.2, 0.25) is 0 Å². The molecule has 0 radical (unpaired) electrons. The Balaban J connectivity index is 0.000000343. The van der Waals surface area contributed by atoms with Gasteiger partial charge in [-0.2, -0.15) is 0 Å². The van der Waals surface area contributed by atoms with E-state index in [1.807, 2.05) is 6.92 Å². The molecule has 2 aliphatic heterocycles. The van der Waals surface area contributed by atoms with Crippen LogP contribution in [-0.4, -0.2) is 40.0 Å². The highest BCUT2D eigenvalue weighted by molar-refractivity contribution is 5.89. The number of carboxylic acid groups (broad SMARTS) is 2. The lowest BCUT2D eigenvalue weighted by Crippen LogP contribution is -2.47. The molecular formula is C24H31NO5. The Morgan fingerprint density at radius 2 is 1.63 bits per heavy atom. The van der Waals surface area contributed by atoms with Crippen molar-refractivity contribution in [1.82, 2.24) is 5.32 Å². The Bertz CT molecular complexity index is 795. The van der Waals surface area contributed by atoms with Crippen LogP contribution in [0.4, 0.5) is 0 Å². The second-order valence-corrected chi connectivity index (χ2v) is 7.82. The van der Waals surface area contributed by atoms with Gasteiger partial charge in [0, 0.05) is 36.6 Å². The Morgan fingerprint density at radius 1 is 1.03 bits per heavy atom. The topological polar surface area (TPSA) is 104 Å². The van der Waals surface area contributed by atoms with Crippen molar-refractivity contribution in [2.75, 3.05) is 0 Å². The molecule has 162 valence electrons. The van der Waals surface area contributed by atoms with Crippen molar-refractivity contribution in [3.8, 4) is 0 Å². The molecule has 0 saturated carbocycles. The number of nitrogens with one attached hydrogen (secondary N) is 1. The van der Waals surface area contributed by atoms with Crippen molar-refractivity contribution in [2.24, 2.45) is 5.92 Å². The van der Waals surface area contributed by atoms with Crippen LogP contribution in [0.15, 0.2) is 43.0 Å². The average molecular weight is 414 g/mol. The molecule has 0 aromatic heterocycles. The Kier molecular flexibility index (Phi) is 8.54. The minimum atomic E-state index is -1.26. The first kappa shape index (κ1) is 23.5. The molecule has 0 spiro atoms. The van der Waals surface area contributed by atoms with Crippen LogP contribution in [-0.2, 0) is 14.4 Å². The van der Waals surface area contributed by atoms with Crippen molar-refractivity contribution < 1.29 is 24.6 Å². The van der Waals surface area contributed by atoms with Gasteiger partial charge in [0.25, 0.3) is 0 Å². The molecule has 1 aromatic rings. The molecule has 2 aliphatic rings. The smallest absolute Gasteiger partial charge is 0.328 e. The van der Waals surface area contributed by atoms with Gasteiger partial charge in [-0.3, -0.25) is 4.79 Å². The lowest BCUT2D eigenvalue weighted by molar-refractivity contribution is -0.134. The van der Waals surface area contributed by atoms with Crippen molar-refractivity contribution >= 4 is 23.3 Å². The third-order valence-electron chi connectivity index (χ3n) is 5.94. The molecule has 6 nitrogen and oxygen atoms in total. The van der Waals surface area contributed by atoms with Gasteiger partial charge in [0.1, 0.15) is 5.78 Å². The van der Waals surface area contributed by atoms with Crippen molar-refractivity contribution in [3.05, 3.63) is 54.1 Å². The molecule has 2 bridgehead atoms. The number of ketones is 1. The summed E-state index contributed by atoms with van der Waals surface area (Å²) < 4.78 is 0. The summed E-state index contributed by atoms with van der Waals surface area (Å²) >= 11 is 0. The van der Waals surface area contributed by atoms with Crippen LogP contribution in [0.5, 0.6) is 0 Å². The molecule has 3 N–H and O–H groups in total. The van der Waals surface area contributed by atoms with Gasteiger partial charge < -0.3 is 15.5 Å². The fraction of sp³-hybridized carbons (Fsp3) is 0.458. The van der Waals surface area contributed by atoms with Crippen LogP contribution in [0, 0.1) is 5.92 Å². The normalized spacial score (nSPS) is 24.7. The summed E-state index contributed by atoms with van der Waals surface area (Å²) in [5.41, 5.74) is 3.73. The maximum absolute atomic E-state index is 12.5. The molecule has 6 heteroatoms. The second kappa shape index (κ2) is 10.9. The van der Waals surface area contributed by atoms with E-state index in [0.29, 0.717) is 42.4 Å². The number of fused-ring (bicyclic) bond motifs is 2. The molecule has 0 aliphatic carbocycles. The van der Waals surface area contributed by atoms with E-state index >= 15 is 0 Å². The first-order valence-electron chi connectivity index (χ1n) is 10.5. The number of carbonyl (C=O) groups is 3. The number of hydrogen-bond acceptors (Lipinski definition) is 4. The number of Topliss-reactive ketones (excluding diaryl/α,β-unsaturated/α-hetero) is 1. The number of hydrogen-bond donors (Lipinski definition) is 3. The third kappa shape index (κ3) is 6.13. The van der Waals surface area contributed by atoms with Gasteiger partial charge in [0.05, 0.1) is 0 Å². The molecule has 0 amide bonds. The number of benzene rings is 1. The Labute approximate surface area is 177 Å². The number of carbonyl (C=O) groups excluding carboxylic acids is 1. The minimum Gasteiger partial charge on any atom is -0.478 e. The van der Waals surface area contributed by atoms with Crippen LogP contribution in [0.3, 0.4) is 0 Å². The van der Waals surface area contributed by atoms with Gasteiger partial charge in [-0.05, 0) is 48.3 Å². The van der Waals surface area contributed by atoms with Crippen LogP contribution in [0.25, 0.3) is 5.57 Å². The highest BCUT2D eigenvalue weighted by atomic mass is 16.4. The summed E-state index contributed by atoms with van der Waals surface area (Å²) in [4.78, 5) is 31.6. The predicted molar refractivity (Wildman–Crippen MR) is 116 cm³/mol. The molecule has 2 fully saturated rings. The highest BCUT2D eigenvalue weighted by Crippen LogP contribution is 2.42. The van der Waals surface area contributed by atoms with E-state index in [2.05, 4.69) is 43.1 Å². The molecule has 2 saturated heterocycles. The van der Waals surface area contributed by atoms with Crippen LogP contribution < -0.4 is 5.32 Å². The first-order valence-corrected chi connectivity index (χ1v) is 10.5. The molecule has 3 rings (SSSR count). The maximum atomic E-state index is 12.5. The van der Waals surface area contributed by atoms with Crippen LogP contribution in [0.1, 0.15) is 63.0 Å². The lowest BCUT2D eigenvalue weighted by Gasteiger charge is -2.37. The van der Waals surface area contributed by atoms with Gasteiger partial charge >= 0.3 is 11.9 Å². The van der Waals surface area contributed by atoms with Gasteiger partial charge in [-0.15, -0.1) is 0 Å². The average Bonchev–Trinajstić information content (AvgIpc) is 3.12. The van der Waals surface area contributed by atoms with E-state index in [1.165, 1.54) is 23.1 Å². The number of carboxylic acids is 2. The number of allylic oxidation sites excluding steroid dienone is 1. The lowest BCUT2D eigenvalue weighted by atomic mass is 9.74. The molecule has 1 unspecified atom stereocenters. The minimum absolute atomic E-state index is 0.156. The summed E-state index contributed by atoms with van der Waals surface area (Å²) in [6.45, 7) is 8.24. The zero-order chi connectivity index (χ0) is 22.3. The summed E-state index contributed by atoms with van der Waals surface area (Å²) in [5.74, 6) is -1.55. The monoisotopic (exact) mass is 413 g/mol. The van der Waals surface area contributed by atoms with E-state index in [-0.39, 0.29) is 5.92 Å². The van der Waals surface area contributed by atoms with Gasteiger partial charge in [-0.1, -0.05) is 44.7 Å². The molecule has 1 aromatic carbocycles. The zero-order valence-corrected chi connectivity index (χ0v) is 17.6. The van der Waals surface area contributed by atoms with E-state index in [1.54, 1.807) is 0 Å². The summed E-state index contributed by atoms with van der Waals surface area (Å²) in [7, 11) is 0. The van der Waals surface area contributed by atoms with Crippen molar-refractivity contribution in [2.45, 2.75) is 64.0 Å². The zero-order valence-electron chi connectivity index (χ0n) is 17.6. The van der Waals surface area contributed by atoms with Gasteiger partial charge in [-0.25, -0.2) is 9.59 Å². The van der Waals surface area contributed by atoms with Gasteiger partial charge in [0.15, 0.2) is 0 Å². The van der Waals surface area contributed by atoms with E-state index in [0.717, 1.165) is 19.3 Å². The van der Waals surface area contributed by atoms with Crippen molar-refractivity contribution in [1.29, 1.82) is 0 Å². The predicted octanol–water partition coefficient (Wildman–Crippen LogP) is 4.02. The summed E-state index contributed by atoms with van der Waals surface area (Å²) in [5, 5.41) is 19.3. The SMILES string of the molecule is C=C(CC)c1ccc([C@H]2CC3CC[C@@H](N3)[C@H]2C(=O)CC)cc1.O=C(O)/C=C/C(=O)O. The fourth-order valence-electron chi connectivity index (χ4n) is 4.39. The van der Waals surface area contributed by atoms with Gasteiger partial charge in [0.2, 0.25) is 0 Å². The molecule has 30 heavy (non-hydrogen) atoms. The Hall–Kier alpha value is -2.73. The maximum Gasteiger partial charge on any atom is 0.328 e. The van der Waals surface area contributed by atoms with E-state index in [4.69, 9.17) is 10.2 Å². The Morgan fingerprint density at radius 3 is 2.13 bits per heavy atom. The standard InChI is InChI=1S/C20H27NO.C4H4O4/c1-4-13(3)14-6-8-15(9-7-14)17-12-16-10-11-18(21-16)20(17)19(22)5-2;5-3(6)1-2-4(7)8/h6-9,16-18,20-21H,3-5,10-12H2,1-2H3;1-2H,(H,5,6)(H,7,8)/b;2-1+/t16?,17-,18-,20+;/m1./s1. The number of piperidine rings is 1. The summed E-state index contributed by atoms with van der Waals surface area (Å²) in [6, 6.07) is 9.79. The van der Waals surface area contributed by atoms with E-state index in [9.17, 15) is 14.4 Å². The second-order valence-electron chi connectivity index (χ2n) is 7.82. The molecule has 2 heterocycles. The van der Waals surface area contributed by atoms with Crippen LogP contribution >= 0.6 is 0 Å². The first-order chi connectivity index (χ1) is 14.3. The van der Waals surface area contributed by atoms with E-state index < -0.39 is 11.9 Å². The quantitative estimate of drug-likeness (QED) is 0.583. The fourth-order valence-corrected chi connectivity index (χ4v) is 4.39. The third-order valence-corrected chi connectivity index (χ3v) is 5.94. The number of aliphatic carboxylic acids is 2. The highest BCUT2D eigenvalue weighted by Gasteiger charge is 2.44. The molecule has 4 atom stereocenters. The molecular weight excluding hydrogens is 382 g/mol. The number of rotatable bonds is 7. The van der Waals surface area contributed by atoms with Crippen molar-refractivity contribution in [3.63, 3.8) is 0 Å².